The molecular weight excluding hydrogens is 236 g/mol. The number of aromatic nitrogens is 1. The summed E-state index contributed by atoms with van der Waals surface area (Å²) in [4.78, 5) is 6.47. The minimum absolute atomic E-state index is 0.510. The number of hydrogen-bond donors (Lipinski definition) is 1. The van der Waals surface area contributed by atoms with Crippen molar-refractivity contribution in [2.24, 2.45) is 17.8 Å². The molecule has 0 radical (unpaired) electrons. The Morgan fingerprint density at radius 2 is 2.32 bits per heavy atom. The molecular formula is C15H20N4. The first-order valence-corrected chi connectivity index (χ1v) is 7.04. The molecule has 1 aromatic rings. The summed E-state index contributed by atoms with van der Waals surface area (Å²) in [5, 5.41) is 9.02. The van der Waals surface area contributed by atoms with E-state index in [0.717, 1.165) is 30.1 Å². The van der Waals surface area contributed by atoms with E-state index in [0.29, 0.717) is 11.3 Å². The number of rotatable bonds is 3. The van der Waals surface area contributed by atoms with Crippen LogP contribution >= 0.6 is 0 Å². The molecule has 0 aliphatic heterocycles. The van der Waals surface area contributed by atoms with Gasteiger partial charge in [0, 0.05) is 19.8 Å². The summed E-state index contributed by atoms with van der Waals surface area (Å²) in [6, 6.07) is 3.79. The smallest absolute Gasteiger partial charge is 0.152 e. The van der Waals surface area contributed by atoms with Crippen molar-refractivity contribution in [2.45, 2.75) is 25.7 Å². The number of anilines is 2. The highest BCUT2D eigenvalue weighted by Gasteiger charge is 2.39. The Kier molecular flexibility index (Phi) is 3.06. The van der Waals surface area contributed by atoms with Gasteiger partial charge in [0.15, 0.2) is 5.82 Å². The lowest BCUT2D eigenvalue weighted by Gasteiger charge is -2.28. The maximum absolute atomic E-state index is 9.02. The van der Waals surface area contributed by atoms with Gasteiger partial charge in [0.2, 0.25) is 0 Å². The van der Waals surface area contributed by atoms with Crippen LogP contribution in [0.4, 0.5) is 11.5 Å². The molecule has 19 heavy (non-hydrogen) atoms. The minimum Gasteiger partial charge on any atom is -0.395 e. The summed E-state index contributed by atoms with van der Waals surface area (Å²) in [6.45, 7) is 1.01. The highest BCUT2D eigenvalue weighted by Crippen LogP contribution is 2.48. The predicted octanol–water partition coefficient (Wildman–Crippen LogP) is 2.41. The van der Waals surface area contributed by atoms with Crippen molar-refractivity contribution in [1.29, 1.82) is 5.26 Å². The van der Waals surface area contributed by atoms with E-state index in [-0.39, 0.29) is 0 Å². The molecule has 2 aliphatic carbocycles. The van der Waals surface area contributed by atoms with Gasteiger partial charge in [-0.05, 0) is 43.1 Å². The molecule has 100 valence electrons. The van der Waals surface area contributed by atoms with E-state index in [1.165, 1.54) is 25.7 Å². The molecule has 2 fully saturated rings. The predicted molar refractivity (Wildman–Crippen MR) is 75.6 cm³/mol. The normalized spacial score (nSPS) is 28.3. The number of fused-ring (bicyclic) bond motifs is 2. The number of nitrogens with zero attached hydrogens (tertiary/aromatic N) is 3. The fourth-order valence-electron chi connectivity index (χ4n) is 3.90. The van der Waals surface area contributed by atoms with Gasteiger partial charge in [-0.1, -0.05) is 6.42 Å². The highest BCUT2D eigenvalue weighted by molar-refractivity contribution is 5.69. The molecule has 0 aromatic carbocycles. The number of pyridine rings is 1. The zero-order valence-electron chi connectivity index (χ0n) is 11.3. The topological polar surface area (TPSA) is 65.9 Å². The van der Waals surface area contributed by atoms with Gasteiger partial charge < -0.3 is 10.6 Å². The molecule has 2 aliphatic rings. The second-order valence-corrected chi connectivity index (χ2v) is 6.02. The molecule has 1 heterocycles. The van der Waals surface area contributed by atoms with Crippen molar-refractivity contribution in [2.75, 3.05) is 24.2 Å². The fourth-order valence-corrected chi connectivity index (χ4v) is 3.90. The maximum atomic E-state index is 9.02. The Balaban J connectivity index is 1.74. The summed E-state index contributed by atoms with van der Waals surface area (Å²) in [7, 11) is 2.03. The molecule has 0 amide bonds. The third kappa shape index (κ3) is 2.14. The van der Waals surface area contributed by atoms with Crippen LogP contribution in [0.25, 0.3) is 0 Å². The standard InChI is InChI=1S/C15H20N4/c1-19(9-13-7-10-2-3-11(13)6-10)15-14(17)12(8-16)4-5-18-15/h4-5,10-11,13H,2-3,6-7,9,17H2,1H3. The van der Waals surface area contributed by atoms with Gasteiger partial charge in [0.1, 0.15) is 6.07 Å². The average molecular weight is 256 g/mol. The molecule has 3 rings (SSSR count). The first-order valence-electron chi connectivity index (χ1n) is 7.04. The number of hydrogen-bond acceptors (Lipinski definition) is 4. The lowest BCUT2D eigenvalue weighted by molar-refractivity contribution is 0.337. The van der Waals surface area contributed by atoms with Crippen molar-refractivity contribution >= 4 is 11.5 Å². The largest absolute Gasteiger partial charge is 0.395 e. The second kappa shape index (κ2) is 4.73. The van der Waals surface area contributed by atoms with Gasteiger partial charge in [0.05, 0.1) is 11.3 Å². The Hall–Kier alpha value is -1.76. The van der Waals surface area contributed by atoms with E-state index in [1.807, 2.05) is 7.05 Å². The Bertz CT molecular complexity index is 519. The summed E-state index contributed by atoms with van der Waals surface area (Å²) >= 11 is 0. The average Bonchev–Trinajstić information content (AvgIpc) is 3.01. The third-order valence-electron chi connectivity index (χ3n) is 4.84. The first kappa shape index (κ1) is 12.3. The lowest BCUT2D eigenvalue weighted by atomic mass is 9.88. The Morgan fingerprint density at radius 1 is 1.47 bits per heavy atom. The Labute approximate surface area is 114 Å². The molecule has 0 saturated heterocycles. The molecule has 0 spiro atoms. The van der Waals surface area contributed by atoms with Crippen molar-refractivity contribution in [1.82, 2.24) is 4.98 Å². The van der Waals surface area contributed by atoms with E-state index in [1.54, 1.807) is 12.3 Å². The molecule has 2 saturated carbocycles. The van der Waals surface area contributed by atoms with E-state index in [4.69, 9.17) is 11.0 Å². The first-order chi connectivity index (χ1) is 9.19. The molecule has 3 unspecified atom stereocenters. The zero-order chi connectivity index (χ0) is 13.4. The van der Waals surface area contributed by atoms with E-state index < -0.39 is 0 Å². The zero-order valence-corrected chi connectivity index (χ0v) is 11.3. The van der Waals surface area contributed by atoms with Crippen molar-refractivity contribution in [3.05, 3.63) is 17.8 Å². The van der Waals surface area contributed by atoms with E-state index in [9.17, 15) is 0 Å². The van der Waals surface area contributed by atoms with Gasteiger partial charge in [-0.25, -0.2) is 4.98 Å². The van der Waals surface area contributed by atoms with Gasteiger partial charge in [-0.15, -0.1) is 0 Å². The van der Waals surface area contributed by atoms with Crippen molar-refractivity contribution in [3.63, 3.8) is 0 Å². The van der Waals surface area contributed by atoms with Gasteiger partial charge in [0.25, 0.3) is 0 Å². The summed E-state index contributed by atoms with van der Waals surface area (Å²) < 4.78 is 0. The van der Waals surface area contributed by atoms with Gasteiger partial charge in [-0.3, -0.25) is 0 Å². The van der Waals surface area contributed by atoms with Crippen LogP contribution in [0.1, 0.15) is 31.2 Å². The van der Waals surface area contributed by atoms with Crippen LogP contribution in [0.2, 0.25) is 0 Å². The molecule has 1 aromatic heterocycles. The quantitative estimate of drug-likeness (QED) is 0.902. The summed E-state index contributed by atoms with van der Waals surface area (Å²) in [5.41, 5.74) is 7.05. The second-order valence-electron chi connectivity index (χ2n) is 6.02. The van der Waals surface area contributed by atoms with E-state index >= 15 is 0 Å². The van der Waals surface area contributed by atoms with Gasteiger partial charge >= 0.3 is 0 Å². The molecule has 3 atom stereocenters. The van der Waals surface area contributed by atoms with E-state index in [2.05, 4.69) is 16.0 Å². The third-order valence-corrected chi connectivity index (χ3v) is 4.84. The lowest BCUT2D eigenvalue weighted by Crippen LogP contribution is -2.29. The van der Waals surface area contributed by atoms with Crippen LogP contribution < -0.4 is 10.6 Å². The molecule has 2 N–H and O–H groups in total. The minimum atomic E-state index is 0.510. The van der Waals surface area contributed by atoms with Crippen LogP contribution in [0.15, 0.2) is 12.3 Å². The van der Waals surface area contributed by atoms with Crippen LogP contribution in [0.3, 0.4) is 0 Å². The van der Waals surface area contributed by atoms with Crippen LogP contribution in [0.5, 0.6) is 0 Å². The van der Waals surface area contributed by atoms with Crippen molar-refractivity contribution in [3.8, 4) is 6.07 Å². The fraction of sp³-hybridized carbons (Fsp3) is 0.600. The monoisotopic (exact) mass is 256 g/mol. The number of nitrogens with two attached hydrogens (primary N) is 1. The van der Waals surface area contributed by atoms with Crippen LogP contribution in [-0.4, -0.2) is 18.6 Å². The number of nitrogen functional groups attached to an aromatic ring is 1. The summed E-state index contributed by atoms with van der Waals surface area (Å²) in [5.74, 6) is 3.38. The maximum Gasteiger partial charge on any atom is 0.152 e. The summed E-state index contributed by atoms with van der Waals surface area (Å²) in [6.07, 6.45) is 7.26. The Morgan fingerprint density at radius 3 is 2.95 bits per heavy atom. The van der Waals surface area contributed by atoms with Crippen LogP contribution in [0, 0.1) is 29.1 Å². The highest BCUT2D eigenvalue weighted by atomic mass is 15.2. The molecule has 4 heteroatoms. The van der Waals surface area contributed by atoms with Crippen LogP contribution in [-0.2, 0) is 0 Å². The SMILES string of the molecule is CN(CC1CC2CCC1C2)c1nccc(C#N)c1N. The molecule has 4 nitrogen and oxygen atoms in total. The van der Waals surface area contributed by atoms with Crippen molar-refractivity contribution < 1.29 is 0 Å². The molecule has 2 bridgehead atoms. The van der Waals surface area contributed by atoms with Gasteiger partial charge in [-0.2, -0.15) is 5.26 Å². The number of nitriles is 1.